The standard InChI is InChI=1S/C18H32N2O6S2/c1-12(13(21)18(8)27-10-9-11-28(18)24)20(15(23)26-17(5,6)7)19-14(22)25-16(2,3)4/h12H,9-11H2,1-8H3,(H,19,22)/t12-,18-,28?/m0/s1. The van der Waals surface area contributed by atoms with Gasteiger partial charge in [-0.05, 0) is 67.6 Å². The largest absolute Gasteiger partial charge is 0.443 e. The highest BCUT2D eigenvalue weighted by atomic mass is 32.2. The SMILES string of the molecule is C[C@@H](C(=O)[C@@]1(C)SCCCS1=O)N(NC(=O)OC(C)(C)C)C(=O)OC(C)(C)C. The Balaban J connectivity index is 3.11. The summed E-state index contributed by atoms with van der Waals surface area (Å²) < 4.78 is 21.9. The Labute approximate surface area is 173 Å². The van der Waals surface area contributed by atoms with E-state index in [0.717, 1.165) is 11.4 Å². The number of thioether (sulfide) groups is 1. The van der Waals surface area contributed by atoms with Crippen molar-refractivity contribution in [3.05, 3.63) is 0 Å². The van der Waals surface area contributed by atoms with Gasteiger partial charge in [0, 0.05) is 16.6 Å². The van der Waals surface area contributed by atoms with Crippen LogP contribution < -0.4 is 5.43 Å². The molecule has 0 aliphatic carbocycles. The van der Waals surface area contributed by atoms with Gasteiger partial charge in [0.25, 0.3) is 0 Å². The molecule has 162 valence electrons. The minimum Gasteiger partial charge on any atom is -0.443 e. The van der Waals surface area contributed by atoms with Crippen LogP contribution in [0.3, 0.4) is 0 Å². The fourth-order valence-corrected chi connectivity index (χ4v) is 5.80. The van der Waals surface area contributed by atoms with Crippen molar-refractivity contribution >= 4 is 40.5 Å². The van der Waals surface area contributed by atoms with Gasteiger partial charge in [-0.25, -0.2) is 20.0 Å². The van der Waals surface area contributed by atoms with E-state index in [1.165, 1.54) is 18.7 Å². The first-order valence-corrected chi connectivity index (χ1v) is 11.5. The van der Waals surface area contributed by atoms with Crippen molar-refractivity contribution in [2.75, 3.05) is 11.5 Å². The van der Waals surface area contributed by atoms with E-state index < -0.39 is 50.1 Å². The molecule has 0 spiro atoms. The fraction of sp³-hybridized carbons (Fsp3) is 0.833. The van der Waals surface area contributed by atoms with Gasteiger partial charge in [0.2, 0.25) is 0 Å². The molecule has 1 aliphatic heterocycles. The van der Waals surface area contributed by atoms with Crippen molar-refractivity contribution in [1.82, 2.24) is 10.4 Å². The molecule has 1 saturated heterocycles. The average molecular weight is 437 g/mol. The molecule has 1 rings (SSSR count). The molecule has 3 atom stereocenters. The third-order valence-electron chi connectivity index (χ3n) is 3.70. The van der Waals surface area contributed by atoms with Gasteiger partial charge in [-0.1, -0.05) is 0 Å². The number of ketones is 1. The highest BCUT2D eigenvalue weighted by molar-refractivity contribution is 8.14. The zero-order valence-electron chi connectivity index (χ0n) is 17.9. The summed E-state index contributed by atoms with van der Waals surface area (Å²) in [6, 6.07) is -1.10. The van der Waals surface area contributed by atoms with Crippen LogP contribution in [0.5, 0.6) is 0 Å². The Bertz CT molecular complexity index is 641. The number of hydrazine groups is 1. The van der Waals surface area contributed by atoms with Gasteiger partial charge in [-0.2, -0.15) is 0 Å². The molecule has 1 aliphatic rings. The molecule has 8 nitrogen and oxygen atoms in total. The maximum Gasteiger partial charge on any atom is 0.429 e. The lowest BCUT2D eigenvalue weighted by molar-refractivity contribution is -0.124. The van der Waals surface area contributed by atoms with Crippen molar-refractivity contribution in [2.24, 2.45) is 0 Å². The third kappa shape index (κ3) is 6.95. The van der Waals surface area contributed by atoms with Crippen LogP contribution in [0.15, 0.2) is 0 Å². The molecule has 28 heavy (non-hydrogen) atoms. The predicted octanol–water partition coefficient (Wildman–Crippen LogP) is 3.22. The lowest BCUT2D eigenvalue weighted by Crippen LogP contribution is -2.59. The number of nitrogens with one attached hydrogen (secondary N) is 1. The average Bonchev–Trinajstić information content (AvgIpc) is 2.50. The molecule has 0 radical (unpaired) electrons. The Kier molecular flexibility index (Phi) is 7.98. The summed E-state index contributed by atoms with van der Waals surface area (Å²) in [5.41, 5.74) is 0.695. The molecule has 10 heteroatoms. The van der Waals surface area contributed by atoms with E-state index in [1.807, 2.05) is 0 Å². The van der Waals surface area contributed by atoms with Crippen LogP contribution in [0, 0.1) is 0 Å². The van der Waals surface area contributed by atoms with E-state index in [2.05, 4.69) is 5.43 Å². The van der Waals surface area contributed by atoms with E-state index in [-0.39, 0.29) is 0 Å². The van der Waals surface area contributed by atoms with Crippen LogP contribution >= 0.6 is 11.8 Å². The highest BCUT2D eigenvalue weighted by Crippen LogP contribution is 2.36. The summed E-state index contributed by atoms with van der Waals surface area (Å²) in [5, 5.41) is 0.819. The second-order valence-electron chi connectivity index (χ2n) is 8.70. The minimum atomic E-state index is -1.38. The second-order valence-corrected chi connectivity index (χ2v) is 12.4. The van der Waals surface area contributed by atoms with Gasteiger partial charge < -0.3 is 9.47 Å². The summed E-state index contributed by atoms with van der Waals surface area (Å²) in [6.07, 6.45) is -1.02. The lowest BCUT2D eigenvalue weighted by atomic mass is 10.1. The van der Waals surface area contributed by atoms with E-state index >= 15 is 0 Å². The second kappa shape index (κ2) is 9.02. The highest BCUT2D eigenvalue weighted by Gasteiger charge is 2.47. The van der Waals surface area contributed by atoms with Crippen molar-refractivity contribution in [3.63, 3.8) is 0 Å². The minimum absolute atomic E-state index is 0.419. The number of carbonyl (C=O) groups is 3. The Morgan fingerprint density at radius 3 is 2.11 bits per heavy atom. The quantitative estimate of drug-likeness (QED) is 0.678. The van der Waals surface area contributed by atoms with E-state index in [9.17, 15) is 18.6 Å². The van der Waals surface area contributed by atoms with E-state index in [4.69, 9.17) is 9.47 Å². The Morgan fingerprint density at radius 1 is 1.11 bits per heavy atom. The first kappa shape index (κ1) is 24.7. The summed E-state index contributed by atoms with van der Waals surface area (Å²) in [6.45, 7) is 13.2. The maximum atomic E-state index is 13.2. The molecular weight excluding hydrogens is 404 g/mol. The molecule has 0 aromatic heterocycles. The first-order chi connectivity index (χ1) is 12.6. The molecular formula is C18H32N2O6S2. The van der Waals surface area contributed by atoms with E-state index in [1.54, 1.807) is 48.5 Å². The molecule has 2 amide bonds. The summed E-state index contributed by atoms with van der Waals surface area (Å²) in [7, 11) is -1.38. The number of nitrogens with zero attached hydrogens (tertiary/aromatic N) is 1. The van der Waals surface area contributed by atoms with Crippen LogP contribution in [-0.2, 0) is 25.1 Å². The third-order valence-corrected chi connectivity index (χ3v) is 7.59. The number of carbonyl (C=O) groups excluding carboxylic acids is 3. The van der Waals surface area contributed by atoms with Crippen LogP contribution in [0.4, 0.5) is 9.59 Å². The molecule has 1 heterocycles. The molecule has 1 N–H and O–H groups in total. The molecule has 1 fully saturated rings. The number of rotatable bonds is 3. The molecule has 0 bridgehead atoms. The van der Waals surface area contributed by atoms with Gasteiger partial charge in [0.15, 0.2) is 5.78 Å². The lowest BCUT2D eigenvalue weighted by Gasteiger charge is -2.37. The van der Waals surface area contributed by atoms with Crippen LogP contribution in [0.2, 0.25) is 0 Å². The van der Waals surface area contributed by atoms with Crippen molar-refractivity contribution in [1.29, 1.82) is 0 Å². The Hall–Kier alpha value is -1.29. The van der Waals surface area contributed by atoms with Gasteiger partial charge in [0.1, 0.15) is 21.3 Å². The molecule has 0 aromatic rings. The first-order valence-electron chi connectivity index (χ1n) is 9.15. The topological polar surface area (TPSA) is 102 Å². The molecule has 1 unspecified atom stereocenters. The van der Waals surface area contributed by atoms with Gasteiger partial charge >= 0.3 is 12.2 Å². The zero-order chi connectivity index (χ0) is 21.9. The van der Waals surface area contributed by atoms with Gasteiger partial charge in [0.05, 0.1) is 0 Å². The van der Waals surface area contributed by atoms with Crippen molar-refractivity contribution < 1.29 is 28.1 Å². The number of hydrogen-bond donors (Lipinski definition) is 1. The van der Waals surface area contributed by atoms with Crippen LogP contribution in [0.1, 0.15) is 61.8 Å². The number of amides is 2. The van der Waals surface area contributed by atoms with E-state index in [0.29, 0.717) is 11.5 Å². The smallest absolute Gasteiger partial charge is 0.429 e. The van der Waals surface area contributed by atoms with Crippen LogP contribution in [0.25, 0.3) is 0 Å². The predicted molar refractivity (Wildman–Crippen MR) is 110 cm³/mol. The maximum absolute atomic E-state index is 13.2. The zero-order valence-corrected chi connectivity index (χ0v) is 19.5. The normalized spacial score (nSPS) is 24.1. The fourth-order valence-electron chi connectivity index (χ4n) is 2.41. The van der Waals surface area contributed by atoms with Gasteiger partial charge in [-0.3, -0.25) is 9.00 Å². The number of Topliss-reactive ketones (excluding diaryl/α,β-unsaturated/α-hetero) is 1. The summed E-state index contributed by atoms with van der Waals surface area (Å²) in [4.78, 5) is 38.1. The molecule has 0 saturated carbocycles. The van der Waals surface area contributed by atoms with Gasteiger partial charge in [-0.15, -0.1) is 11.8 Å². The molecule has 0 aromatic carbocycles. The van der Waals surface area contributed by atoms with Crippen molar-refractivity contribution in [3.8, 4) is 0 Å². The number of ether oxygens (including phenoxy) is 2. The number of hydrogen-bond acceptors (Lipinski definition) is 7. The monoisotopic (exact) mass is 436 g/mol. The Morgan fingerprint density at radius 2 is 1.64 bits per heavy atom. The summed E-state index contributed by atoms with van der Waals surface area (Å²) >= 11 is 1.31. The summed E-state index contributed by atoms with van der Waals surface area (Å²) in [5.74, 6) is 0.706. The van der Waals surface area contributed by atoms with Crippen molar-refractivity contribution in [2.45, 2.75) is 83.1 Å². The van der Waals surface area contributed by atoms with Crippen LogP contribution in [-0.4, -0.2) is 60.0 Å².